The lowest BCUT2D eigenvalue weighted by Gasteiger charge is -2.14. The first-order chi connectivity index (χ1) is 8.60. The Balaban J connectivity index is 3.06. The Bertz CT molecular complexity index is 404. The fraction of sp³-hybridized carbons (Fsp3) is 0.538. The zero-order valence-corrected chi connectivity index (χ0v) is 11.4. The second-order valence-corrected chi connectivity index (χ2v) is 4.32. The molecule has 0 radical (unpaired) electrons. The third-order valence-electron chi connectivity index (χ3n) is 2.30. The van der Waals surface area contributed by atoms with Crippen LogP contribution in [0.2, 0.25) is 0 Å². The molecule has 0 aromatic carbocycles. The van der Waals surface area contributed by atoms with E-state index in [1.165, 1.54) is 0 Å². The summed E-state index contributed by atoms with van der Waals surface area (Å²) in [5.74, 6) is 2.02. The molecule has 0 saturated carbocycles. The van der Waals surface area contributed by atoms with Crippen molar-refractivity contribution in [1.82, 2.24) is 9.97 Å². The van der Waals surface area contributed by atoms with E-state index in [1.807, 2.05) is 20.8 Å². The molecule has 0 spiro atoms. The predicted molar refractivity (Wildman–Crippen MR) is 75.0 cm³/mol. The summed E-state index contributed by atoms with van der Waals surface area (Å²) in [4.78, 5) is 8.76. The molecule has 18 heavy (non-hydrogen) atoms. The summed E-state index contributed by atoms with van der Waals surface area (Å²) in [6.07, 6.45) is 2.67. The van der Waals surface area contributed by atoms with Crippen molar-refractivity contribution >= 4 is 11.5 Å². The van der Waals surface area contributed by atoms with E-state index in [-0.39, 0.29) is 5.92 Å². The maximum atomic E-state index is 5.99. The molecule has 1 aromatic rings. The number of hydrogen-bond donors (Lipinski definition) is 2. The van der Waals surface area contributed by atoms with Crippen molar-refractivity contribution in [2.24, 2.45) is 0 Å². The first-order valence-electron chi connectivity index (χ1n) is 6.25. The largest absolute Gasteiger partial charge is 0.476 e. The minimum Gasteiger partial charge on any atom is -0.476 e. The summed E-state index contributed by atoms with van der Waals surface area (Å²) in [6.45, 7) is 11.0. The molecule has 1 aromatic heterocycles. The summed E-state index contributed by atoms with van der Waals surface area (Å²) in [7, 11) is 0. The van der Waals surface area contributed by atoms with Crippen LogP contribution in [0.3, 0.4) is 0 Å². The Hall–Kier alpha value is -1.78. The molecule has 3 N–H and O–H groups in total. The molecule has 0 aliphatic heterocycles. The molecule has 1 heterocycles. The molecular formula is C13H22N4O. The van der Waals surface area contributed by atoms with Crippen molar-refractivity contribution in [3.63, 3.8) is 0 Å². The number of aromatic nitrogens is 2. The average molecular weight is 250 g/mol. The molecule has 100 valence electrons. The van der Waals surface area contributed by atoms with Crippen molar-refractivity contribution in [1.29, 1.82) is 0 Å². The summed E-state index contributed by atoms with van der Waals surface area (Å²) < 4.78 is 5.56. The van der Waals surface area contributed by atoms with Crippen molar-refractivity contribution in [2.45, 2.75) is 33.1 Å². The van der Waals surface area contributed by atoms with Crippen LogP contribution in [0.1, 0.15) is 38.9 Å². The lowest BCUT2D eigenvalue weighted by molar-refractivity contribution is 0.305. The molecule has 0 aliphatic rings. The molecule has 1 rings (SSSR count). The Morgan fingerprint density at radius 1 is 1.44 bits per heavy atom. The van der Waals surface area contributed by atoms with Crippen LogP contribution in [0.25, 0.3) is 0 Å². The minimum atomic E-state index is 0.221. The minimum absolute atomic E-state index is 0.221. The van der Waals surface area contributed by atoms with Gasteiger partial charge in [-0.2, -0.15) is 4.98 Å². The van der Waals surface area contributed by atoms with E-state index in [1.54, 1.807) is 6.08 Å². The predicted octanol–water partition coefficient (Wildman–Crippen LogP) is 2.57. The first kappa shape index (κ1) is 14.3. The van der Waals surface area contributed by atoms with Crippen molar-refractivity contribution in [2.75, 3.05) is 24.2 Å². The number of rotatable bonds is 7. The third kappa shape index (κ3) is 3.61. The molecule has 0 unspecified atom stereocenters. The number of ether oxygens (including phenoxy) is 1. The van der Waals surface area contributed by atoms with Gasteiger partial charge in [-0.3, -0.25) is 0 Å². The van der Waals surface area contributed by atoms with Crippen molar-refractivity contribution in [3.05, 3.63) is 18.5 Å². The van der Waals surface area contributed by atoms with Crippen molar-refractivity contribution in [3.8, 4) is 5.88 Å². The van der Waals surface area contributed by atoms with Gasteiger partial charge in [0.1, 0.15) is 11.5 Å². The number of nitrogens with two attached hydrogens (primary N) is 1. The molecular weight excluding hydrogens is 228 g/mol. The number of nitrogen functional groups attached to an aromatic ring is 1. The summed E-state index contributed by atoms with van der Waals surface area (Å²) >= 11 is 0. The van der Waals surface area contributed by atoms with Crippen LogP contribution in [0, 0.1) is 0 Å². The second kappa shape index (κ2) is 6.83. The topological polar surface area (TPSA) is 73.1 Å². The second-order valence-electron chi connectivity index (χ2n) is 4.32. The highest BCUT2D eigenvalue weighted by Crippen LogP contribution is 2.28. The molecule has 5 nitrogen and oxygen atoms in total. The van der Waals surface area contributed by atoms with E-state index < -0.39 is 0 Å². The molecule has 0 aliphatic carbocycles. The quantitative estimate of drug-likeness (QED) is 0.728. The fourth-order valence-corrected chi connectivity index (χ4v) is 1.34. The highest BCUT2D eigenvalue weighted by molar-refractivity contribution is 5.67. The zero-order valence-electron chi connectivity index (χ0n) is 11.4. The van der Waals surface area contributed by atoms with Gasteiger partial charge in [0, 0.05) is 12.5 Å². The molecule has 0 fully saturated rings. The first-order valence-corrected chi connectivity index (χ1v) is 6.25. The van der Waals surface area contributed by atoms with E-state index >= 15 is 0 Å². The van der Waals surface area contributed by atoms with Crippen LogP contribution in [0.15, 0.2) is 12.7 Å². The van der Waals surface area contributed by atoms with Crippen molar-refractivity contribution < 1.29 is 4.74 Å². The SMILES string of the molecule is C=CCNc1nc(C(C)C)nc(OCCC)c1N. The normalized spacial score (nSPS) is 10.4. The van der Waals surface area contributed by atoms with Crippen LogP contribution in [0.5, 0.6) is 5.88 Å². The Morgan fingerprint density at radius 2 is 2.17 bits per heavy atom. The molecule has 0 amide bonds. The summed E-state index contributed by atoms with van der Waals surface area (Å²) in [5.41, 5.74) is 6.44. The number of nitrogens with zero attached hydrogens (tertiary/aromatic N) is 2. The van der Waals surface area contributed by atoms with Gasteiger partial charge < -0.3 is 15.8 Å². The highest BCUT2D eigenvalue weighted by atomic mass is 16.5. The summed E-state index contributed by atoms with van der Waals surface area (Å²) in [5, 5.41) is 3.10. The lowest BCUT2D eigenvalue weighted by Crippen LogP contribution is -2.11. The van der Waals surface area contributed by atoms with Crippen LogP contribution in [-0.4, -0.2) is 23.1 Å². The smallest absolute Gasteiger partial charge is 0.242 e. The standard InChI is InChI=1S/C13H22N4O/c1-5-7-15-12-10(14)13(18-8-6-2)17-11(16-12)9(3)4/h5,9H,1,6-8,14H2,2-4H3,(H,15,16,17). The Labute approximate surface area is 108 Å². The molecule has 5 heteroatoms. The van der Waals surface area contributed by atoms with E-state index in [0.29, 0.717) is 30.5 Å². The van der Waals surface area contributed by atoms with Gasteiger partial charge in [0.05, 0.1) is 6.61 Å². The van der Waals surface area contributed by atoms with Gasteiger partial charge in [0.25, 0.3) is 0 Å². The average Bonchev–Trinajstić information content (AvgIpc) is 2.35. The van der Waals surface area contributed by atoms with Crippen LogP contribution >= 0.6 is 0 Å². The Morgan fingerprint density at radius 3 is 2.72 bits per heavy atom. The van der Waals surface area contributed by atoms with Crippen LogP contribution < -0.4 is 15.8 Å². The van der Waals surface area contributed by atoms with Gasteiger partial charge in [-0.25, -0.2) is 4.98 Å². The monoisotopic (exact) mass is 250 g/mol. The van der Waals surface area contributed by atoms with E-state index in [4.69, 9.17) is 10.5 Å². The van der Waals surface area contributed by atoms with Gasteiger partial charge >= 0.3 is 0 Å². The fourth-order valence-electron chi connectivity index (χ4n) is 1.34. The third-order valence-corrected chi connectivity index (χ3v) is 2.30. The van der Waals surface area contributed by atoms with Gasteiger partial charge in [0.2, 0.25) is 5.88 Å². The van der Waals surface area contributed by atoms with Crippen LogP contribution in [-0.2, 0) is 0 Å². The van der Waals surface area contributed by atoms with E-state index in [2.05, 4.69) is 21.9 Å². The Kier molecular flexibility index (Phi) is 5.42. The molecule has 0 saturated heterocycles. The number of nitrogens with one attached hydrogen (secondary N) is 1. The highest BCUT2D eigenvalue weighted by Gasteiger charge is 2.14. The van der Waals surface area contributed by atoms with Gasteiger partial charge in [-0.15, -0.1) is 6.58 Å². The van der Waals surface area contributed by atoms with Gasteiger partial charge in [0.15, 0.2) is 5.82 Å². The van der Waals surface area contributed by atoms with Crippen LogP contribution in [0.4, 0.5) is 11.5 Å². The summed E-state index contributed by atoms with van der Waals surface area (Å²) in [6, 6.07) is 0. The van der Waals surface area contributed by atoms with E-state index in [9.17, 15) is 0 Å². The zero-order chi connectivity index (χ0) is 13.5. The lowest BCUT2D eigenvalue weighted by atomic mass is 10.2. The maximum Gasteiger partial charge on any atom is 0.242 e. The molecule has 0 bridgehead atoms. The number of hydrogen-bond acceptors (Lipinski definition) is 5. The van der Waals surface area contributed by atoms with Gasteiger partial charge in [-0.1, -0.05) is 26.8 Å². The molecule has 0 atom stereocenters. The number of anilines is 2. The van der Waals surface area contributed by atoms with Gasteiger partial charge in [-0.05, 0) is 6.42 Å². The van der Waals surface area contributed by atoms with E-state index in [0.717, 1.165) is 12.2 Å². The maximum absolute atomic E-state index is 5.99.